The molecule has 0 radical (unpaired) electrons. The lowest BCUT2D eigenvalue weighted by atomic mass is 10.2. The van der Waals surface area contributed by atoms with Gasteiger partial charge in [0.1, 0.15) is 0 Å². The molecule has 0 aromatic carbocycles. The van der Waals surface area contributed by atoms with Gasteiger partial charge in [-0.05, 0) is 33.2 Å². The first-order chi connectivity index (χ1) is 8.67. The average Bonchev–Trinajstić information content (AvgIpc) is 2.91. The molecule has 0 amide bonds. The van der Waals surface area contributed by atoms with Crippen LogP contribution in [0.5, 0.6) is 0 Å². The van der Waals surface area contributed by atoms with E-state index in [-0.39, 0.29) is 24.0 Å². The molecule has 1 unspecified atom stereocenters. The number of aliphatic imine (C=N–C) groups is 1. The van der Waals surface area contributed by atoms with Crippen LogP contribution in [0.4, 0.5) is 0 Å². The predicted octanol–water partition coefficient (Wildman–Crippen LogP) is 2.44. The normalized spacial score (nSPS) is 18.3. The van der Waals surface area contributed by atoms with Crippen molar-refractivity contribution in [2.24, 2.45) is 4.99 Å². The fraction of sp³-hybridized carbons (Fsp3) is 0.929. The van der Waals surface area contributed by atoms with E-state index in [9.17, 15) is 0 Å². The Labute approximate surface area is 135 Å². The van der Waals surface area contributed by atoms with Crippen LogP contribution in [0.25, 0.3) is 0 Å². The molecule has 19 heavy (non-hydrogen) atoms. The Morgan fingerprint density at radius 1 is 1.37 bits per heavy atom. The van der Waals surface area contributed by atoms with Crippen molar-refractivity contribution < 1.29 is 0 Å². The van der Waals surface area contributed by atoms with Gasteiger partial charge in [0.2, 0.25) is 0 Å². The molecule has 0 aliphatic heterocycles. The van der Waals surface area contributed by atoms with Crippen LogP contribution >= 0.6 is 24.0 Å². The van der Waals surface area contributed by atoms with Crippen molar-refractivity contribution in [1.82, 2.24) is 15.5 Å². The highest BCUT2D eigenvalue weighted by Gasteiger charge is 2.18. The smallest absolute Gasteiger partial charge is 0.191 e. The van der Waals surface area contributed by atoms with Gasteiger partial charge in [0.05, 0.1) is 0 Å². The van der Waals surface area contributed by atoms with E-state index in [0.29, 0.717) is 6.04 Å². The molecule has 0 spiro atoms. The fourth-order valence-corrected chi connectivity index (χ4v) is 2.41. The lowest BCUT2D eigenvalue weighted by Crippen LogP contribution is -2.45. The topological polar surface area (TPSA) is 39.7 Å². The number of guanidine groups is 1. The van der Waals surface area contributed by atoms with Crippen molar-refractivity contribution in [1.29, 1.82) is 0 Å². The number of rotatable bonds is 6. The Morgan fingerprint density at radius 3 is 2.53 bits per heavy atom. The highest BCUT2D eigenvalue weighted by Crippen LogP contribution is 2.21. The number of nitrogens with zero attached hydrogens (tertiary/aromatic N) is 2. The minimum atomic E-state index is 0. The first-order valence-corrected chi connectivity index (χ1v) is 7.34. The van der Waals surface area contributed by atoms with E-state index in [4.69, 9.17) is 0 Å². The van der Waals surface area contributed by atoms with E-state index in [0.717, 1.165) is 31.5 Å². The maximum Gasteiger partial charge on any atom is 0.191 e. The van der Waals surface area contributed by atoms with Crippen LogP contribution in [-0.4, -0.2) is 50.1 Å². The molecular formula is C14H31IN4. The van der Waals surface area contributed by atoms with Crippen LogP contribution < -0.4 is 10.6 Å². The van der Waals surface area contributed by atoms with Gasteiger partial charge in [0.25, 0.3) is 0 Å². The van der Waals surface area contributed by atoms with Gasteiger partial charge < -0.3 is 15.5 Å². The summed E-state index contributed by atoms with van der Waals surface area (Å²) in [7, 11) is 4.07. The number of halogens is 1. The number of nitrogens with one attached hydrogen (secondary N) is 2. The molecule has 1 saturated carbocycles. The van der Waals surface area contributed by atoms with E-state index in [1.807, 2.05) is 7.05 Å². The summed E-state index contributed by atoms with van der Waals surface area (Å²) in [5.74, 6) is 0.921. The summed E-state index contributed by atoms with van der Waals surface area (Å²) >= 11 is 0. The van der Waals surface area contributed by atoms with Gasteiger partial charge in [-0.25, -0.2) is 0 Å². The second-order valence-electron chi connectivity index (χ2n) is 5.37. The highest BCUT2D eigenvalue weighted by atomic mass is 127. The molecule has 1 atom stereocenters. The van der Waals surface area contributed by atoms with Gasteiger partial charge in [-0.3, -0.25) is 4.99 Å². The zero-order chi connectivity index (χ0) is 13.4. The lowest BCUT2D eigenvalue weighted by Gasteiger charge is -2.24. The van der Waals surface area contributed by atoms with Crippen LogP contribution in [0.1, 0.15) is 46.0 Å². The molecule has 0 heterocycles. The van der Waals surface area contributed by atoms with Gasteiger partial charge in [-0.2, -0.15) is 0 Å². The van der Waals surface area contributed by atoms with Gasteiger partial charge in [-0.1, -0.05) is 19.8 Å². The Bertz CT molecular complexity index is 252. The van der Waals surface area contributed by atoms with Gasteiger partial charge >= 0.3 is 0 Å². The SMILES string of the molecule is CCC(C)NC(=NC)NCCN(C)C1CCCC1.I. The minimum Gasteiger partial charge on any atom is -0.355 e. The molecule has 114 valence electrons. The number of hydrogen-bond donors (Lipinski definition) is 2. The first-order valence-electron chi connectivity index (χ1n) is 7.34. The average molecular weight is 382 g/mol. The van der Waals surface area contributed by atoms with E-state index in [1.165, 1.54) is 25.7 Å². The molecule has 4 nitrogen and oxygen atoms in total. The molecule has 0 aromatic heterocycles. The van der Waals surface area contributed by atoms with E-state index >= 15 is 0 Å². The summed E-state index contributed by atoms with van der Waals surface area (Å²) in [5.41, 5.74) is 0. The third-order valence-corrected chi connectivity index (χ3v) is 3.92. The van der Waals surface area contributed by atoms with Crippen LogP contribution in [0.15, 0.2) is 4.99 Å². The Balaban J connectivity index is 0.00000324. The molecule has 1 rings (SSSR count). The number of likely N-dealkylation sites (N-methyl/N-ethyl adjacent to an activating group) is 1. The first kappa shape index (κ1) is 19.0. The zero-order valence-corrected chi connectivity index (χ0v) is 15.2. The van der Waals surface area contributed by atoms with E-state index < -0.39 is 0 Å². The highest BCUT2D eigenvalue weighted by molar-refractivity contribution is 14.0. The summed E-state index contributed by atoms with van der Waals surface area (Å²) in [5, 5.41) is 6.77. The molecule has 5 heteroatoms. The maximum atomic E-state index is 4.25. The molecule has 0 aromatic rings. The van der Waals surface area contributed by atoms with Crippen molar-refractivity contribution in [3.05, 3.63) is 0 Å². The van der Waals surface area contributed by atoms with Crippen molar-refractivity contribution >= 4 is 29.9 Å². The Kier molecular flexibility index (Phi) is 10.7. The van der Waals surface area contributed by atoms with Crippen molar-refractivity contribution in [2.45, 2.75) is 58.0 Å². The van der Waals surface area contributed by atoms with Crippen molar-refractivity contribution in [3.63, 3.8) is 0 Å². The second kappa shape index (κ2) is 10.7. The molecule has 0 bridgehead atoms. The number of hydrogen-bond acceptors (Lipinski definition) is 2. The Hall–Kier alpha value is -0.0400. The van der Waals surface area contributed by atoms with Gasteiger partial charge in [0, 0.05) is 32.2 Å². The van der Waals surface area contributed by atoms with Gasteiger partial charge in [0.15, 0.2) is 5.96 Å². The van der Waals surface area contributed by atoms with Crippen LogP contribution in [0, 0.1) is 0 Å². The summed E-state index contributed by atoms with van der Waals surface area (Å²) in [6, 6.07) is 1.28. The quantitative estimate of drug-likeness (QED) is 0.421. The minimum absolute atomic E-state index is 0. The molecule has 1 aliphatic rings. The summed E-state index contributed by atoms with van der Waals surface area (Å²) in [6.45, 7) is 6.41. The zero-order valence-electron chi connectivity index (χ0n) is 12.9. The lowest BCUT2D eigenvalue weighted by molar-refractivity contribution is 0.249. The summed E-state index contributed by atoms with van der Waals surface area (Å²) < 4.78 is 0. The monoisotopic (exact) mass is 382 g/mol. The van der Waals surface area contributed by atoms with Crippen LogP contribution in [0.2, 0.25) is 0 Å². The van der Waals surface area contributed by atoms with Gasteiger partial charge in [-0.15, -0.1) is 24.0 Å². The second-order valence-corrected chi connectivity index (χ2v) is 5.37. The molecule has 0 saturated heterocycles. The fourth-order valence-electron chi connectivity index (χ4n) is 2.41. The largest absolute Gasteiger partial charge is 0.355 e. The third kappa shape index (κ3) is 7.34. The third-order valence-electron chi connectivity index (χ3n) is 3.92. The standard InChI is InChI=1S/C14H30N4.HI/c1-5-12(2)17-14(15-3)16-10-11-18(4)13-8-6-7-9-13;/h12-13H,5-11H2,1-4H3,(H2,15,16,17);1H. The molecule has 2 N–H and O–H groups in total. The molecule has 1 aliphatic carbocycles. The molecule has 1 fully saturated rings. The van der Waals surface area contributed by atoms with E-state index in [2.05, 4.69) is 41.4 Å². The Morgan fingerprint density at radius 2 is 2.00 bits per heavy atom. The summed E-state index contributed by atoms with van der Waals surface area (Å²) in [6.07, 6.45) is 6.66. The maximum absolute atomic E-state index is 4.25. The van der Waals surface area contributed by atoms with Crippen molar-refractivity contribution in [3.8, 4) is 0 Å². The predicted molar refractivity (Wildman–Crippen MR) is 94.6 cm³/mol. The van der Waals surface area contributed by atoms with Crippen molar-refractivity contribution in [2.75, 3.05) is 27.2 Å². The van der Waals surface area contributed by atoms with Crippen LogP contribution in [-0.2, 0) is 0 Å². The molecular weight excluding hydrogens is 351 g/mol. The van der Waals surface area contributed by atoms with E-state index in [1.54, 1.807) is 0 Å². The summed E-state index contributed by atoms with van der Waals surface area (Å²) in [4.78, 5) is 6.73. The van der Waals surface area contributed by atoms with Crippen LogP contribution in [0.3, 0.4) is 0 Å².